The van der Waals surface area contributed by atoms with Gasteiger partial charge in [-0.25, -0.2) is 4.98 Å². The summed E-state index contributed by atoms with van der Waals surface area (Å²) in [5.74, 6) is -0.873. The Bertz CT molecular complexity index is 1030. The fourth-order valence-corrected chi connectivity index (χ4v) is 3.38. The first-order valence-corrected chi connectivity index (χ1v) is 9.33. The van der Waals surface area contributed by atoms with Crippen LogP contribution in [0.15, 0.2) is 30.6 Å². The highest BCUT2D eigenvalue weighted by Gasteiger charge is 2.38. The van der Waals surface area contributed by atoms with Crippen LogP contribution >= 0.6 is 0 Å². The highest BCUT2D eigenvalue weighted by Crippen LogP contribution is 2.35. The molecule has 0 bridgehead atoms. The molecule has 2 heterocycles. The molecular weight excluding hydrogens is 413 g/mol. The maximum absolute atomic E-state index is 13.4. The fourth-order valence-electron chi connectivity index (χ4n) is 3.38. The molecular formula is C20H19F3N6O2. The smallest absolute Gasteiger partial charge is 0.357 e. The molecule has 1 saturated heterocycles. The molecule has 0 aliphatic carbocycles. The lowest BCUT2D eigenvalue weighted by Crippen LogP contribution is -2.60. The third kappa shape index (κ3) is 4.58. The number of aryl methyl sites for hydroxylation is 1. The number of amides is 2. The molecule has 1 fully saturated rings. The van der Waals surface area contributed by atoms with Crippen molar-refractivity contribution in [1.29, 1.82) is 5.26 Å². The quantitative estimate of drug-likeness (QED) is 0.793. The number of nitriles is 1. The van der Waals surface area contributed by atoms with Crippen molar-refractivity contribution in [3.63, 3.8) is 0 Å². The van der Waals surface area contributed by atoms with Gasteiger partial charge in [-0.3, -0.25) is 14.6 Å². The van der Waals surface area contributed by atoms with Gasteiger partial charge in [0, 0.05) is 32.0 Å². The van der Waals surface area contributed by atoms with Crippen molar-refractivity contribution in [2.24, 2.45) is 0 Å². The van der Waals surface area contributed by atoms with Gasteiger partial charge in [0.05, 0.1) is 35.6 Å². The summed E-state index contributed by atoms with van der Waals surface area (Å²) in [7, 11) is 1.41. The minimum Gasteiger partial charge on any atom is -0.357 e. The zero-order chi connectivity index (χ0) is 22.8. The summed E-state index contributed by atoms with van der Waals surface area (Å²) in [4.78, 5) is 36.3. The summed E-state index contributed by atoms with van der Waals surface area (Å²) < 4.78 is 40.1. The normalized spacial score (nSPS) is 16.6. The fraction of sp³-hybridized carbons (Fsp3) is 0.350. The summed E-state index contributed by atoms with van der Waals surface area (Å²) in [6.07, 6.45) is -1.92. The molecule has 1 atom stereocenters. The standard InChI is InChI=1S/C20H19F3N6O2/c1-12-9-27-16(10-26-12)19(31)28-5-6-29(17(11-28)18(30)25-2)14-4-3-13(8-24)15(7-14)20(21,22)23/h3-4,7,9-10,17H,5-6,11H2,1-2H3,(H,25,30). The zero-order valence-electron chi connectivity index (χ0n) is 16.8. The van der Waals surface area contributed by atoms with Gasteiger partial charge in [0.15, 0.2) is 0 Å². The van der Waals surface area contributed by atoms with E-state index in [1.807, 2.05) is 0 Å². The molecule has 1 aliphatic heterocycles. The van der Waals surface area contributed by atoms with E-state index in [1.54, 1.807) is 6.92 Å². The van der Waals surface area contributed by atoms with Gasteiger partial charge >= 0.3 is 6.18 Å². The zero-order valence-corrected chi connectivity index (χ0v) is 16.8. The average molecular weight is 432 g/mol. The van der Waals surface area contributed by atoms with Crippen LogP contribution < -0.4 is 10.2 Å². The second-order valence-corrected chi connectivity index (χ2v) is 6.96. The molecule has 1 N–H and O–H groups in total. The molecule has 2 aromatic rings. The van der Waals surface area contributed by atoms with Crippen LogP contribution in [0.2, 0.25) is 0 Å². The van der Waals surface area contributed by atoms with Crippen molar-refractivity contribution in [3.8, 4) is 6.07 Å². The Morgan fingerprint density at radius 2 is 1.97 bits per heavy atom. The number of hydrogen-bond donors (Lipinski definition) is 1. The number of nitrogens with one attached hydrogen (secondary N) is 1. The molecule has 1 aromatic carbocycles. The Morgan fingerprint density at radius 3 is 2.55 bits per heavy atom. The van der Waals surface area contributed by atoms with Crippen LogP contribution in [0.1, 0.15) is 27.3 Å². The number of nitrogens with zero attached hydrogens (tertiary/aromatic N) is 5. The summed E-state index contributed by atoms with van der Waals surface area (Å²) in [5, 5.41) is 11.5. The topological polar surface area (TPSA) is 102 Å². The Labute approximate surface area is 176 Å². The van der Waals surface area contributed by atoms with E-state index >= 15 is 0 Å². The summed E-state index contributed by atoms with van der Waals surface area (Å²) in [6, 6.07) is 3.92. The molecule has 0 saturated carbocycles. The van der Waals surface area contributed by atoms with Crippen molar-refractivity contribution < 1.29 is 22.8 Å². The molecule has 162 valence electrons. The van der Waals surface area contributed by atoms with Crippen LogP contribution in [0, 0.1) is 18.3 Å². The van der Waals surface area contributed by atoms with Crippen LogP contribution in [0.25, 0.3) is 0 Å². The SMILES string of the molecule is CNC(=O)C1CN(C(=O)c2cnc(C)cn2)CCN1c1ccc(C#N)c(C(F)(F)F)c1. The molecule has 0 spiro atoms. The van der Waals surface area contributed by atoms with Crippen LogP contribution in [-0.2, 0) is 11.0 Å². The van der Waals surface area contributed by atoms with Gasteiger partial charge < -0.3 is 15.1 Å². The molecule has 11 heteroatoms. The number of anilines is 1. The Balaban J connectivity index is 1.91. The molecule has 0 radical (unpaired) electrons. The van der Waals surface area contributed by atoms with Crippen LogP contribution in [0.5, 0.6) is 0 Å². The highest BCUT2D eigenvalue weighted by molar-refractivity contribution is 5.93. The highest BCUT2D eigenvalue weighted by atomic mass is 19.4. The number of hydrogen-bond acceptors (Lipinski definition) is 6. The van der Waals surface area contributed by atoms with E-state index in [2.05, 4.69) is 15.3 Å². The van der Waals surface area contributed by atoms with Gasteiger partial charge in [-0.1, -0.05) is 0 Å². The monoisotopic (exact) mass is 432 g/mol. The van der Waals surface area contributed by atoms with Gasteiger partial charge in [0.1, 0.15) is 11.7 Å². The van der Waals surface area contributed by atoms with E-state index in [-0.39, 0.29) is 31.0 Å². The van der Waals surface area contributed by atoms with Crippen LogP contribution in [-0.4, -0.2) is 59.4 Å². The maximum atomic E-state index is 13.4. The minimum absolute atomic E-state index is 0.0462. The molecule has 1 aromatic heterocycles. The number of rotatable bonds is 3. The summed E-state index contributed by atoms with van der Waals surface area (Å²) >= 11 is 0. The van der Waals surface area contributed by atoms with E-state index in [0.29, 0.717) is 5.69 Å². The van der Waals surface area contributed by atoms with E-state index in [0.717, 1.165) is 12.1 Å². The van der Waals surface area contributed by atoms with Crippen molar-refractivity contribution in [1.82, 2.24) is 20.2 Å². The number of aromatic nitrogens is 2. The maximum Gasteiger partial charge on any atom is 0.417 e. The molecule has 2 amide bonds. The molecule has 31 heavy (non-hydrogen) atoms. The molecule has 8 nitrogen and oxygen atoms in total. The predicted molar refractivity (Wildman–Crippen MR) is 104 cm³/mol. The second-order valence-electron chi connectivity index (χ2n) is 6.96. The molecule has 3 rings (SSSR count). The van der Waals surface area contributed by atoms with E-state index in [9.17, 15) is 22.8 Å². The van der Waals surface area contributed by atoms with E-state index < -0.39 is 35.2 Å². The number of likely N-dealkylation sites (N-methyl/N-ethyl adjacent to an activating group) is 1. The van der Waals surface area contributed by atoms with Crippen molar-refractivity contribution in [2.75, 3.05) is 31.6 Å². The summed E-state index contributed by atoms with van der Waals surface area (Å²) in [6.45, 7) is 1.97. The van der Waals surface area contributed by atoms with Gasteiger partial charge in [0.2, 0.25) is 5.91 Å². The number of piperazine rings is 1. The average Bonchev–Trinajstić information content (AvgIpc) is 2.77. The first kappa shape index (κ1) is 22.0. The first-order chi connectivity index (χ1) is 14.7. The number of halogens is 3. The van der Waals surface area contributed by atoms with Gasteiger partial charge in [-0.15, -0.1) is 0 Å². The Kier molecular flexibility index (Phi) is 6.10. The lowest BCUT2D eigenvalue weighted by atomic mass is 10.0. The van der Waals surface area contributed by atoms with Gasteiger partial charge in [-0.05, 0) is 25.1 Å². The van der Waals surface area contributed by atoms with Crippen molar-refractivity contribution in [2.45, 2.75) is 19.1 Å². The van der Waals surface area contributed by atoms with Crippen molar-refractivity contribution in [3.05, 3.63) is 53.1 Å². The lowest BCUT2D eigenvalue weighted by molar-refractivity contribution is -0.137. The minimum atomic E-state index is -4.72. The number of carbonyl (C=O) groups is 2. The largest absolute Gasteiger partial charge is 0.417 e. The van der Waals surface area contributed by atoms with Crippen LogP contribution in [0.4, 0.5) is 18.9 Å². The third-order valence-corrected chi connectivity index (χ3v) is 4.98. The predicted octanol–water partition coefficient (Wildman–Crippen LogP) is 1.75. The van der Waals surface area contributed by atoms with Gasteiger partial charge in [0.25, 0.3) is 5.91 Å². The first-order valence-electron chi connectivity index (χ1n) is 9.33. The number of benzene rings is 1. The second kappa shape index (κ2) is 8.59. The van der Waals surface area contributed by atoms with E-state index in [4.69, 9.17) is 5.26 Å². The number of alkyl halides is 3. The molecule has 1 aliphatic rings. The van der Waals surface area contributed by atoms with Crippen LogP contribution in [0.3, 0.4) is 0 Å². The summed E-state index contributed by atoms with van der Waals surface area (Å²) in [5.41, 5.74) is -0.670. The number of carbonyl (C=O) groups excluding carboxylic acids is 2. The van der Waals surface area contributed by atoms with Gasteiger partial charge in [-0.2, -0.15) is 18.4 Å². The van der Waals surface area contributed by atoms with Crippen molar-refractivity contribution >= 4 is 17.5 Å². The Morgan fingerprint density at radius 1 is 1.23 bits per heavy atom. The lowest BCUT2D eigenvalue weighted by Gasteiger charge is -2.41. The van der Waals surface area contributed by atoms with E-state index in [1.165, 1.54) is 41.4 Å². The molecule has 1 unspecified atom stereocenters. The third-order valence-electron chi connectivity index (χ3n) is 4.98. The Hall–Kier alpha value is -3.68.